The summed E-state index contributed by atoms with van der Waals surface area (Å²) >= 11 is 0. The van der Waals surface area contributed by atoms with Crippen molar-refractivity contribution in [2.24, 2.45) is 50.2 Å². The van der Waals surface area contributed by atoms with Gasteiger partial charge < -0.3 is 74.7 Å². The number of carbonyl (C=O) groups excluding carboxylic acids is 2. The minimum absolute atomic E-state index is 0.0217. The summed E-state index contributed by atoms with van der Waals surface area (Å²) < 4.78 is 29.4. The monoisotopic (exact) mass is 1150 g/mol. The summed E-state index contributed by atoms with van der Waals surface area (Å²) in [4.78, 5) is 66.2. The van der Waals surface area contributed by atoms with E-state index in [0.29, 0.717) is 57.1 Å². The number of aliphatic hydroxyl groups excluding tert-OH is 5. The Kier molecular flexibility index (Phi) is 14.4. The van der Waals surface area contributed by atoms with Crippen molar-refractivity contribution < 1.29 is 98.7 Å². The van der Waals surface area contributed by atoms with Crippen molar-refractivity contribution in [3.63, 3.8) is 0 Å². The lowest BCUT2D eigenvalue weighted by Crippen LogP contribution is -2.76. The lowest BCUT2D eigenvalue weighted by molar-refractivity contribution is -0.371. The van der Waals surface area contributed by atoms with Gasteiger partial charge in [0.1, 0.15) is 36.6 Å². The standard InChI is InChI=1S/C42H62O16.C19H21NO4/c1-37(2)21-8-11-42(7)31(20(43)16-18-19-17-39(4,36(53)54)13-12-38(19,3)14-15-41(18,42)6)40(21,5)10-9-22(37)55-35-30(26(47)25(46)29(57-35)33(51)52)58-34-27(48)23(44)24(45)28(56-34)32(49)50;1-2-8-20-9-7-18-15-11-3-4-12(21)16(15)24-17(18)13(22)5-6-19(18,23)14(20)10-11/h16,19,21-31,34-35,44-48H,8-15,17H2,1-7H3,(H,49,50)(H,51,52)(H,53,54);2-4,14,17,21,23H,1,5-10H2/t19-,21-,22-,23-,24-,25-,26-,27+,28-,29-,30+,31+,34-,35-,38+,39-,40-,41+,42+;14-,17+,18+,19-/m01/s1. The van der Waals surface area contributed by atoms with Crippen molar-refractivity contribution in [1.82, 2.24) is 4.90 Å². The first-order valence-corrected chi connectivity index (χ1v) is 29.4. The Morgan fingerprint density at radius 1 is 0.780 bits per heavy atom. The number of hydrogen-bond acceptors (Lipinski definition) is 18. The number of benzene rings is 1. The Bertz CT molecular complexity index is 2860. The number of piperidine rings is 1. The normalized spacial score (nSPS) is 48.7. The maximum absolute atomic E-state index is 14.8. The van der Waals surface area contributed by atoms with Crippen LogP contribution in [0.15, 0.2) is 36.4 Å². The highest BCUT2D eigenvalue weighted by atomic mass is 16.8. The fourth-order valence-electron chi connectivity index (χ4n) is 19.2. The van der Waals surface area contributed by atoms with Crippen LogP contribution in [0.1, 0.15) is 137 Å². The molecule has 82 heavy (non-hydrogen) atoms. The molecule has 0 unspecified atom stereocenters. The van der Waals surface area contributed by atoms with E-state index in [-0.39, 0.29) is 51.9 Å². The van der Waals surface area contributed by atoms with Crippen molar-refractivity contribution in [3.05, 3.63) is 47.6 Å². The third-order valence-electron chi connectivity index (χ3n) is 24.0. The first-order valence-electron chi connectivity index (χ1n) is 29.4. The Hall–Kier alpha value is -4.39. The second-order valence-electron chi connectivity index (χ2n) is 28.2. The number of hydrogen-bond donors (Lipinski definition) is 10. The average Bonchev–Trinajstić information content (AvgIpc) is 1.23. The van der Waals surface area contributed by atoms with Crippen molar-refractivity contribution in [1.29, 1.82) is 0 Å². The van der Waals surface area contributed by atoms with Crippen LogP contribution in [-0.4, -0.2) is 184 Å². The largest absolute Gasteiger partial charge is 0.504 e. The predicted molar refractivity (Wildman–Crippen MR) is 287 cm³/mol. The fraction of sp³-hybridized carbons (Fsp3) is 0.754. The number of ketones is 2. The summed E-state index contributed by atoms with van der Waals surface area (Å²) in [7, 11) is 0. The minimum atomic E-state index is -2.05. The van der Waals surface area contributed by atoms with E-state index < -0.39 is 124 Å². The van der Waals surface area contributed by atoms with Crippen LogP contribution in [0.25, 0.3) is 0 Å². The molecule has 452 valence electrons. The summed E-state index contributed by atoms with van der Waals surface area (Å²) in [5.41, 5.74) is -1.55. The number of carbonyl (C=O) groups is 5. The molecule has 4 heterocycles. The van der Waals surface area contributed by atoms with Crippen LogP contribution in [-0.2, 0) is 54.8 Å². The summed E-state index contributed by atoms with van der Waals surface area (Å²) in [5, 5.41) is 105. The predicted octanol–water partition coefficient (Wildman–Crippen LogP) is 3.55. The molecule has 0 radical (unpaired) electrons. The maximum atomic E-state index is 14.8. The van der Waals surface area contributed by atoms with Crippen LogP contribution in [0.3, 0.4) is 0 Å². The van der Waals surface area contributed by atoms with E-state index in [0.717, 1.165) is 61.9 Å². The van der Waals surface area contributed by atoms with Gasteiger partial charge in [-0.25, -0.2) is 9.59 Å². The van der Waals surface area contributed by atoms with Gasteiger partial charge in [0.25, 0.3) is 0 Å². The van der Waals surface area contributed by atoms with Gasteiger partial charge in [0.15, 0.2) is 54.0 Å². The third kappa shape index (κ3) is 8.20. The Labute approximate surface area is 476 Å². The van der Waals surface area contributed by atoms with Gasteiger partial charge in [-0.05, 0) is 141 Å². The second-order valence-corrected chi connectivity index (χ2v) is 28.2. The van der Waals surface area contributed by atoms with E-state index in [4.69, 9.17) is 23.7 Å². The molecular weight excluding hydrogens is 1070 g/mol. The highest BCUT2D eigenvalue weighted by molar-refractivity contribution is 5.96. The SMILES string of the molecule is C=CCN1CC[C@]23c4c5ccc(O)c4O[C@H]2C(=O)CC[C@@]3(O)[C@H]1C5.CC1(C)[C@@H](O[C@H]2O[C@H](C(=O)O)[C@@H](O)[C@H](O)[C@H]2O[C@@H]2O[C@H](C(=O)O)[C@@H](O)[C@H](O)[C@H]2O)CC[C@]2(C)[C@H]3C(=O)C=C4[C@@H]5C[C@@](C)(C(=O)O)CC[C@]5(C)CC[C@@]4(C)[C@]3(C)CC[C@@H]12. The topological polar surface area (TPSA) is 337 Å². The van der Waals surface area contributed by atoms with Crippen molar-refractivity contribution in [2.75, 3.05) is 13.1 Å². The molecule has 21 nitrogen and oxygen atoms in total. The molecule has 21 heteroatoms. The zero-order chi connectivity index (χ0) is 59.6. The number of carboxylic acids is 3. The van der Waals surface area contributed by atoms with Gasteiger partial charge >= 0.3 is 17.9 Å². The van der Waals surface area contributed by atoms with Crippen LogP contribution in [0.5, 0.6) is 11.5 Å². The van der Waals surface area contributed by atoms with Gasteiger partial charge in [0, 0.05) is 37.0 Å². The molecule has 2 bridgehead atoms. The van der Waals surface area contributed by atoms with Crippen LogP contribution in [0, 0.1) is 50.2 Å². The molecule has 7 aliphatic carbocycles. The van der Waals surface area contributed by atoms with E-state index >= 15 is 0 Å². The van der Waals surface area contributed by atoms with Gasteiger partial charge in [-0.3, -0.25) is 19.3 Å². The number of nitrogens with zero attached hydrogens (tertiary/aromatic N) is 1. The molecule has 1 aromatic rings. The zero-order valence-electron chi connectivity index (χ0n) is 47.9. The Morgan fingerprint density at radius 2 is 1.44 bits per heavy atom. The number of likely N-dealkylation sites (tertiary alicyclic amines) is 1. The first-order chi connectivity index (χ1) is 38.3. The number of Topliss-reactive ketones (excluding diaryl/α,β-unsaturated/α-hetero) is 1. The smallest absolute Gasteiger partial charge is 0.335 e. The van der Waals surface area contributed by atoms with Crippen LogP contribution < -0.4 is 4.74 Å². The number of ether oxygens (including phenoxy) is 5. The lowest BCUT2D eigenvalue weighted by Gasteiger charge is -2.70. The fourth-order valence-corrected chi connectivity index (χ4v) is 19.2. The van der Waals surface area contributed by atoms with E-state index in [2.05, 4.69) is 39.2 Å². The number of carboxylic acid groups (broad SMARTS) is 3. The highest BCUT2D eigenvalue weighted by Gasteiger charge is 2.74. The summed E-state index contributed by atoms with van der Waals surface area (Å²) in [6, 6.07) is 3.52. The van der Waals surface area contributed by atoms with Crippen molar-refractivity contribution in [2.45, 2.75) is 223 Å². The van der Waals surface area contributed by atoms with E-state index in [9.17, 15) is 75.0 Å². The summed E-state index contributed by atoms with van der Waals surface area (Å²) in [5.74, 6) is -3.94. The molecule has 11 aliphatic rings. The molecule has 1 spiro atoms. The Morgan fingerprint density at radius 3 is 2.10 bits per heavy atom. The summed E-state index contributed by atoms with van der Waals surface area (Å²) in [6.45, 7) is 20.2. The van der Waals surface area contributed by atoms with E-state index in [1.807, 2.05) is 39.0 Å². The van der Waals surface area contributed by atoms with Gasteiger partial charge in [-0.15, -0.1) is 6.58 Å². The number of aliphatic carboxylic acids is 3. The molecule has 23 atom stereocenters. The summed E-state index contributed by atoms with van der Waals surface area (Å²) in [6.07, 6.45) is -8.90. The molecule has 3 saturated heterocycles. The number of aliphatic hydroxyl groups is 6. The van der Waals surface area contributed by atoms with Crippen molar-refractivity contribution in [3.8, 4) is 11.5 Å². The molecule has 12 rings (SSSR count). The molecule has 4 aliphatic heterocycles. The number of phenols is 1. The average molecular weight is 1150 g/mol. The first kappa shape index (κ1) is 59.3. The molecule has 0 amide bonds. The quantitative estimate of drug-likeness (QED) is 0.125. The van der Waals surface area contributed by atoms with Crippen molar-refractivity contribution >= 4 is 29.5 Å². The van der Waals surface area contributed by atoms with Gasteiger partial charge in [0.05, 0.1) is 22.5 Å². The van der Waals surface area contributed by atoms with Gasteiger partial charge in [0.2, 0.25) is 0 Å². The number of allylic oxidation sites excluding steroid dienone is 2. The van der Waals surface area contributed by atoms with Crippen LogP contribution in [0.4, 0.5) is 0 Å². The zero-order valence-corrected chi connectivity index (χ0v) is 47.9. The third-order valence-corrected chi connectivity index (χ3v) is 24.0. The maximum Gasteiger partial charge on any atom is 0.335 e. The van der Waals surface area contributed by atoms with Crippen LogP contribution in [0.2, 0.25) is 0 Å². The second kappa shape index (κ2) is 19.8. The minimum Gasteiger partial charge on any atom is -0.504 e. The van der Waals surface area contributed by atoms with E-state index in [1.165, 1.54) is 0 Å². The molecule has 8 fully saturated rings. The Balaban J connectivity index is 0.000000241. The molecule has 0 aromatic heterocycles. The molecule has 1 aromatic carbocycles. The molecule has 5 saturated carbocycles. The van der Waals surface area contributed by atoms with Gasteiger partial charge in [-0.2, -0.15) is 0 Å². The lowest BCUT2D eigenvalue weighted by atomic mass is 9.33. The molecular formula is C61H83NO20. The number of phenolic OH excluding ortho intramolecular Hbond substituents is 1. The van der Waals surface area contributed by atoms with E-state index in [1.54, 1.807) is 6.07 Å². The van der Waals surface area contributed by atoms with Crippen LogP contribution >= 0.6 is 0 Å². The number of rotatable bonds is 9. The molecule has 10 N–H and O–H groups in total. The number of aromatic hydroxyl groups is 1. The number of fused-ring (bicyclic) bond motifs is 7. The highest BCUT2D eigenvalue weighted by Crippen LogP contribution is 2.75. The van der Waals surface area contributed by atoms with Gasteiger partial charge in [-0.1, -0.05) is 59.3 Å².